The van der Waals surface area contributed by atoms with Gasteiger partial charge in [0.25, 0.3) is 5.69 Å². The van der Waals surface area contributed by atoms with Gasteiger partial charge in [0.2, 0.25) is 0 Å². The SMILES string of the molecule is Cc1ccc(NCCC2=CCNCC2)c([N+](=O)[O-])c1. The highest BCUT2D eigenvalue weighted by Gasteiger charge is 2.13. The van der Waals surface area contributed by atoms with E-state index in [4.69, 9.17) is 0 Å². The molecule has 5 nitrogen and oxygen atoms in total. The van der Waals surface area contributed by atoms with Crippen molar-refractivity contribution in [3.05, 3.63) is 45.5 Å². The first-order chi connectivity index (χ1) is 9.16. The summed E-state index contributed by atoms with van der Waals surface area (Å²) in [6, 6.07) is 5.27. The monoisotopic (exact) mass is 261 g/mol. The van der Waals surface area contributed by atoms with Crippen molar-refractivity contribution in [3.8, 4) is 0 Å². The van der Waals surface area contributed by atoms with E-state index in [1.165, 1.54) is 5.57 Å². The minimum atomic E-state index is -0.334. The summed E-state index contributed by atoms with van der Waals surface area (Å²) in [5.41, 5.74) is 3.07. The zero-order chi connectivity index (χ0) is 13.7. The summed E-state index contributed by atoms with van der Waals surface area (Å²) in [4.78, 5) is 10.7. The Morgan fingerprint density at radius 1 is 1.47 bits per heavy atom. The summed E-state index contributed by atoms with van der Waals surface area (Å²) in [5.74, 6) is 0. The van der Waals surface area contributed by atoms with Crippen molar-refractivity contribution in [1.29, 1.82) is 0 Å². The van der Waals surface area contributed by atoms with Gasteiger partial charge in [-0.3, -0.25) is 10.1 Å². The van der Waals surface area contributed by atoms with Crippen molar-refractivity contribution in [1.82, 2.24) is 5.32 Å². The fourth-order valence-electron chi connectivity index (χ4n) is 2.20. The number of nitrogens with zero attached hydrogens (tertiary/aromatic N) is 1. The third-order valence-electron chi connectivity index (χ3n) is 3.27. The highest BCUT2D eigenvalue weighted by Crippen LogP contribution is 2.25. The fourth-order valence-corrected chi connectivity index (χ4v) is 2.20. The van der Waals surface area contributed by atoms with E-state index in [9.17, 15) is 10.1 Å². The first kappa shape index (κ1) is 13.5. The highest BCUT2D eigenvalue weighted by molar-refractivity contribution is 5.62. The van der Waals surface area contributed by atoms with Crippen molar-refractivity contribution >= 4 is 11.4 Å². The van der Waals surface area contributed by atoms with Gasteiger partial charge in [-0.25, -0.2) is 0 Å². The van der Waals surface area contributed by atoms with Gasteiger partial charge < -0.3 is 10.6 Å². The second-order valence-corrected chi connectivity index (χ2v) is 4.77. The lowest BCUT2D eigenvalue weighted by Crippen LogP contribution is -2.21. The molecule has 0 saturated carbocycles. The Morgan fingerprint density at radius 2 is 2.32 bits per heavy atom. The summed E-state index contributed by atoms with van der Waals surface area (Å²) >= 11 is 0. The van der Waals surface area contributed by atoms with E-state index in [0.717, 1.165) is 38.0 Å². The minimum absolute atomic E-state index is 0.152. The number of hydrogen-bond acceptors (Lipinski definition) is 4. The Balaban J connectivity index is 1.95. The molecule has 0 atom stereocenters. The average Bonchev–Trinajstić information content (AvgIpc) is 2.41. The van der Waals surface area contributed by atoms with E-state index in [0.29, 0.717) is 5.69 Å². The number of nitrogens with one attached hydrogen (secondary N) is 2. The molecule has 1 aliphatic heterocycles. The minimum Gasteiger partial charge on any atom is -0.379 e. The molecule has 0 bridgehead atoms. The maximum absolute atomic E-state index is 11.0. The molecule has 0 unspecified atom stereocenters. The molecule has 0 amide bonds. The molecule has 0 aliphatic carbocycles. The summed E-state index contributed by atoms with van der Waals surface area (Å²) in [5, 5.41) is 17.4. The van der Waals surface area contributed by atoms with Crippen molar-refractivity contribution in [3.63, 3.8) is 0 Å². The molecule has 2 rings (SSSR count). The number of benzene rings is 1. The third kappa shape index (κ3) is 3.79. The van der Waals surface area contributed by atoms with Crippen LogP contribution in [0.3, 0.4) is 0 Å². The number of hydrogen-bond donors (Lipinski definition) is 2. The zero-order valence-electron chi connectivity index (χ0n) is 11.1. The molecule has 1 aliphatic rings. The van der Waals surface area contributed by atoms with Gasteiger partial charge in [-0.15, -0.1) is 0 Å². The van der Waals surface area contributed by atoms with Gasteiger partial charge in [0, 0.05) is 19.2 Å². The Hall–Kier alpha value is -1.88. The Labute approximate surface area is 112 Å². The molecule has 0 fully saturated rings. The van der Waals surface area contributed by atoms with Crippen LogP contribution in [0.2, 0.25) is 0 Å². The predicted molar refractivity (Wildman–Crippen MR) is 76.5 cm³/mol. The van der Waals surface area contributed by atoms with Crippen LogP contribution in [0.4, 0.5) is 11.4 Å². The van der Waals surface area contributed by atoms with Crippen molar-refractivity contribution < 1.29 is 4.92 Å². The molecule has 0 spiro atoms. The van der Waals surface area contributed by atoms with Gasteiger partial charge in [-0.2, -0.15) is 0 Å². The molecular weight excluding hydrogens is 242 g/mol. The molecule has 0 saturated heterocycles. The molecular formula is C14H19N3O2. The van der Waals surface area contributed by atoms with Gasteiger partial charge in [-0.1, -0.05) is 17.7 Å². The second-order valence-electron chi connectivity index (χ2n) is 4.77. The number of nitro benzene ring substituents is 1. The highest BCUT2D eigenvalue weighted by atomic mass is 16.6. The van der Waals surface area contributed by atoms with E-state index in [1.807, 2.05) is 13.0 Å². The Kier molecular flexibility index (Phi) is 4.52. The number of nitro groups is 1. The lowest BCUT2D eigenvalue weighted by atomic mass is 10.1. The molecule has 2 N–H and O–H groups in total. The van der Waals surface area contributed by atoms with Crippen LogP contribution >= 0.6 is 0 Å². The van der Waals surface area contributed by atoms with Crippen LogP contribution in [-0.2, 0) is 0 Å². The second kappa shape index (κ2) is 6.33. The van der Waals surface area contributed by atoms with Gasteiger partial charge >= 0.3 is 0 Å². The van der Waals surface area contributed by atoms with Crippen LogP contribution in [0.5, 0.6) is 0 Å². The molecule has 1 aromatic carbocycles. The van der Waals surface area contributed by atoms with E-state index in [-0.39, 0.29) is 10.6 Å². The lowest BCUT2D eigenvalue weighted by Gasteiger charge is -2.14. The van der Waals surface area contributed by atoms with E-state index in [2.05, 4.69) is 16.7 Å². The van der Waals surface area contributed by atoms with Crippen molar-refractivity contribution in [2.45, 2.75) is 19.8 Å². The average molecular weight is 261 g/mol. The van der Waals surface area contributed by atoms with Crippen LogP contribution in [0.25, 0.3) is 0 Å². The van der Waals surface area contributed by atoms with Crippen LogP contribution < -0.4 is 10.6 Å². The quantitative estimate of drug-likeness (QED) is 0.486. The van der Waals surface area contributed by atoms with E-state index >= 15 is 0 Å². The summed E-state index contributed by atoms with van der Waals surface area (Å²) < 4.78 is 0. The number of rotatable bonds is 5. The van der Waals surface area contributed by atoms with Crippen molar-refractivity contribution in [2.24, 2.45) is 0 Å². The van der Waals surface area contributed by atoms with E-state index in [1.54, 1.807) is 12.1 Å². The normalized spacial score (nSPS) is 14.9. The van der Waals surface area contributed by atoms with Crippen LogP contribution in [0.1, 0.15) is 18.4 Å². The molecule has 102 valence electrons. The maximum Gasteiger partial charge on any atom is 0.292 e. The van der Waals surface area contributed by atoms with Gasteiger partial charge in [0.15, 0.2) is 0 Å². The number of anilines is 1. The van der Waals surface area contributed by atoms with Gasteiger partial charge in [0.1, 0.15) is 5.69 Å². The third-order valence-corrected chi connectivity index (χ3v) is 3.27. The lowest BCUT2D eigenvalue weighted by molar-refractivity contribution is -0.384. The standard InChI is InChI=1S/C14H19N3O2/c1-11-2-3-13(14(10-11)17(18)19)16-9-6-12-4-7-15-8-5-12/h2-4,10,15-16H,5-9H2,1H3. The predicted octanol–water partition coefficient (Wildman–Crippen LogP) is 2.62. The van der Waals surface area contributed by atoms with Gasteiger partial charge in [-0.05, 0) is 37.9 Å². The number of aryl methyl sites for hydroxylation is 1. The first-order valence-electron chi connectivity index (χ1n) is 6.54. The molecule has 5 heteroatoms. The molecule has 0 aromatic heterocycles. The summed E-state index contributed by atoms with van der Waals surface area (Å²) in [6.07, 6.45) is 4.21. The largest absolute Gasteiger partial charge is 0.379 e. The summed E-state index contributed by atoms with van der Waals surface area (Å²) in [6.45, 7) is 4.54. The van der Waals surface area contributed by atoms with Crippen LogP contribution in [-0.4, -0.2) is 24.6 Å². The first-order valence-corrected chi connectivity index (χ1v) is 6.54. The van der Waals surface area contributed by atoms with Gasteiger partial charge in [0.05, 0.1) is 4.92 Å². The fraction of sp³-hybridized carbons (Fsp3) is 0.429. The Morgan fingerprint density at radius 3 is 3.00 bits per heavy atom. The summed E-state index contributed by atoms with van der Waals surface area (Å²) in [7, 11) is 0. The molecule has 19 heavy (non-hydrogen) atoms. The van der Waals surface area contributed by atoms with Crippen molar-refractivity contribution in [2.75, 3.05) is 25.0 Å². The topological polar surface area (TPSA) is 67.2 Å². The van der Waals surface area contributed by atoms with E-state index < -0.39 is 0 Å². The van der Waals surface area contributed by atoms with Crippen LogP contribution in [0.15, 0.2) is 29.8 Å². The Bertz CT molecular complexity index is 497. The molecule has 0 radical (unpaired) electrons. The van der Waals surface area contributed by atoms with Crippen LogP contribution in [0, 0.1) is 17.0 Å². The smallest absolute Gasteiger partial charge is 0.292 e. The molecule has 1 aromatic rings. The maximum atomic E-state index is 11.0. The zero-order valence-corrected chi connectivity index (χ0v) is 11.1. The molecule has 1 heterocycles.